The lowest BCUT2D eigenvalue weighted by atomic mass is 10.2. The molecule has 2 aromatic heterocycles. The summed E-state index contributed by atoms with van der Waals surface area (Å²) in [6, 6.07) is 6.01. The molecule has 152 valence electrons. The maximum absolute atomic E-state index is 13.9. The fourth-order valence-electron chi connectivity index (χ4n) is 3.41. The molecule has 1 aromatic carbocycles. The van der Waals surface area contributed by atoms with E-state index in [2.05, 4.69) is 9.97 Å². The zero-order valence-electron chi connectivity index (χ0n) is 16.5. The molecule has 1 aliphatic rings. The summed E-state index contributed by atoms with van der Waals surface area (Å²) in [5.41, 5.74) is 0.763. The molecule has 6 nitrogen and oxygen atoms in total. The zero-order chi connectivity index (χ0) is 20.8. The molecule has 8 heteroatoms. The molecule has 1 fully saturated rings. The van der Waals surface area contributed by atoms with E-state index in [1.807, 2.05) is 0 Å². The third-order valence-corrected chi connectivity index (χ3v) is 4.69. The Labute approximate surface area is 167 Å². The van der Waals surface area contributed by atoms with Crippen molar-refractivity contribution in [1.82, 2.24) is 14.5 Å². The summed E-state index contributed by atoms with van der Waals surface area (Å²) in [4.78, 5) is 23.4. The summed E-state index contributed by atoms with van der Waals surface area (Å²) >= 11 is 0. The van der Waals surface area contributed by atoms with Gasteiger partial charge >= 0.3 is 6.09 Å². The minimum atomic E-state index is -0.872. The predicted octanol–water partition coefficient (Wildman–Crippen LogP) is 4.57. The zero-order valence-corrected chi connectivity index (χ0v) is 16.5. The van der Waals surface area contributed by atoms with Gasteiger partial charge in [-0.2, -0.15) is 0 Å². The molecule has 3 heterocycles. The molecule has 29 heavy (non-hydrogen) atoms. The third-order valence-electron chi connectivity index (χ3n) is 4.69. The maximum atomic E-state index is 13.9. The van der Waals surface area contributed by atoms with Crippen LogP contribution in [-0.4, -0.2) is 45.5 Å². The van der Waals surface area contributed by atoms with Crippen molar-refractivity contribution < 1.29 is 18.3 Å². The Balaban J connectivity index is 1.76. The average molecular weight is 400 g/mol. The minimum Gasteiger partial charge on any atom is -0.443 e. The summed E-state index contributed by atoms with van der Waals surface area (Å²) in [5.74, 6) is -0.00626. The van der Waals surface area contributed by atoms with E-state index in [0.29, 0.717) is 41.1 Å². The molecule has 4 rings (SSSR count). The molecule has 0 radical (unpaired) electrons. The van der Waals surface area contributed by atoms with Crippen LogP contribution in [0.15, 0.2) is 36.7 Å². The van der Waals surface area contributed by atoms with Gasteiger partial charge in [0, 0.05) is 29.9 Å². The van der Waals surface area contributed by atoms with Crippen LogP contribution in [-0.2, 0) is 4.74 Å². The first-order valence-electron chi connectivity index (χ1n) is 9.47. The monoisotopic (exact) mass is 400 g/mol. The standard InChI is InChI=1S/C21H22F2N4O2/c1-21(2,3)29-20(28)27-17(8-13-4-5-15(22)9-18(13)27)14-10-24-19(25-11-14)26-7-6-16(23)12-26/h4-5,8-11,16H,6-7,12H2,1-3H3/t16-/m1/s1. The van der Waals surface area contributed by atoms with E-state index in [9.17, 15) is 13.6 Å². The number of carbonyl (C=O) groups is 1. The fourth-order valence-corrected chi connectivity index (χ4v) is 3.41. The SMILES string of the molecule is CC(C)(C)OC(=O)n1c(-c2cnc(N3CC[C@@H](F)C3)nc2)cc2ccc(F)cc21. The van der Waals surface area contributed by atoms with Gasteiger partial charge in [0.1, 0.15) is 17.6 Å². The first-order chi connectivity index (χ1) is 13.7. The van der Waals surface area contributed by atoms with Crippen molar-refractivity contribution in [2.75, 3.05) is 18.0 Å². The molecule has 3 aromatic rings. The Bertz CT molecular complexity index is 1060. The van der Waals surface area contributed by atoms with Crippen LogP contribution in [0.1, 0.15) is 27.2 Å². The van der Waals surface area contributed by atoms with E-state index in [1.165, 1.54) is 16.7 Å². The van der Waals surface area contributed by atoms with Crippen molar-refractivity contribution in [3.05, 3.63) is 42.5 Å². The lowest BCUT2D eigenvalue weighted by Gasteiger charge is -2.21. The molecule has 0 aliphatic carbocycles. The number of halogens is 2. The molecule has 1 saturated heterocycles. The summed E-state index contributed by atoms with van der Waals surface area (Å²) < 4.78 is 34.2. The van der Waals surface area contributed by atoms with Gasteiger partial charge in [-0.05, 0) is 51.5 Å². The Kier molecular flexibility index (Phi) is 4.72. The number of aromatic nitrogens is 3. The highest BCUT2D eigenvalue weighted by Crippen LogP contribution is 2.30. The van der Waals surface area contributed by atoms with Crippen molar-refractivity contribution in [2.45, 2.75) is 39.0 Å². The molecular formula is C21H22F2N4O2. The molecular weight excluding hydrogens is 378 g/mol. The van der Waals surface area contributed by atoms with Crippen molar-refractivity contribution in [2.24, 2.45) is 0 Å². The lowest BCUT2D eigenvalue weighted by Crippen LogP contribution is -2.27. The van der Waals surface area contributed by atoms with E-state index >= 15 is 0 Å². The quantitative estimate of drug-likeness (QED) is 0.631. The topological polar surface area (TPSA) is 60.3 Å². The first-order valence-corrected chi connectivity index (χ1v) is 9.47. The second kappa shape index (κ2) is 7.09. The molecule has 1 aliphatic heterocycles. The molecule has 0 amide bonds. The van der Waals surface area contributed by atoms with Crippen LogP contribution in [0.25, 0.3) is 22.2 Å². The van der Waals surface area contributed by atoms with E-state index < -0.39 is 23.7 Å². The van der Waals surface area contributed by atoms with Gasteiger partial charge in [0.05, 0.1) is 17.8 Å². The van der Waals surface area contributed by atoms with Crippen LogP contribution < -0.4 is 4.90 Å². The van der Waals surface area contributed by atoms with Crippen molar-refractivity contribution in [3.63, 3.8) is 0 Å². The van der Waals surface area contributed by atoms with Crippen LogP contribution >= 0.6 is 0 Å². The number of ether oxygens (including phenoxy) is 1. The number of carbonyl (C=O) groups excluding carboxylic acids is 1. The van der Waals surface area contributed by atoms with E-state index in [1.54, 1.807) is 50.2 Å². The molecule has 0 unspecified atom stereocenters. The van der Waals surface area contributed by atoms with Crippen LogP contribution in [0.2, 0.25) is 0 Å². The van der Waals surface area contributed by atoms with Crippen molar-refractivity contribution in [1.29, 1.82) is 0 Å². The van der Waals surface area contributed by atoms with Gasteiger partial charge in [-0.25, -0.2) is 28.1 Å². The molecule has 0 N–H and O–H groups in total. The number of anilines is 1. The highest BCUT2D eigenvalue weighted by atomic mass is 19.1. The second-order valence-electron chi connectivity index (χ2n) is 8.15. The van der Waals surface area contributed by atoms with Crippen LogP contribution in [0.4, 0.5) is 19.5 Å². The largest absolute Gasteiger partial charge is 0.443 e. The van der Waals surface area contributed by atoms with E-state index in [-0.39, 0.29) is 6.54 Å². The highest BCUT2D eigenvalue weighted by Gasteiger charge is 2.25. The molecule has 1 atom stereocenters. The van der Waals surface area contributed by atoms with Gasteiger partial charge in [0.15, 0.2) is 0 Å². The van der Waals surface area contributed by atoms with Gasteiger partial charge < -0.3 is 9.64 Å². The molecule has 0 saturated carbocycles. The summed E-state index contributed by atoms with van der Waals surface area (Å²) in [6.45, 7) is 6.14. The summed E-state index contributed by atoms with van der Waals surface area (Å²) in [7, 11) is 0. The third kappa shape index (κ3) is 3.92. The number of fused-ring (bicyclic) bond motifs is 1. The smallest absolute Gasteiger partial charge is 0.419 e. The van der Waals surface area contributed by atoms with Gasteiger partial charge in [0.2, 0.25) is 5.95 Å². The van der Waals surface area contributed by atoms with Crippen molar-refractivity contribution >= 4 is 22.9 Å². The highest BCUT2D eigenvalue weighted by molar-refractivity contribution is 5.96. The summed E-state index contributed by atoms with van der Waals surface area (Å²) in [6.07, 6.45) is 2.14. The predicted molar refractivity (Wildman–Crippen MR) is 106 cm³/mol. The summed E-state index contributed by atoms with van der Waals surface area (Å²) in [5, 5.41) is 0.691. The lowest BCUT2D eigenvalue weighted by molar-refractivity contribution is 0.0547. The van der Waals surface area contributed by atoms with Gasteiger partial charge in [-0.1, -0.05) is 0 Å². The molecule has 0 spiro atoms. The number of hydrogen-bond donors (Lipinski definition) is 0. The minimum absolute atomic E-state index is 0.275. The van der Waals surface area contributed by atoms with Crippen LogP contribution in [0.3, 0.4) is 0 Å². The van der Waals surface area contributed by atoms with Crippen LogP contribution in [0.5, 0.6) is 0 Å². The number of benzene rings is 1. The normalized spacial score (nSPS) is 17.1. The first kappa shape index (κ1) is 19.3. The van der Waals surface area contributed by atoms with E-state index in [0.717, 1.165) is 0 Å². The Morgan fingerprint density at radius 3 is 2.55 bits per heavy atom. The fraction of sp³-hybridized carbons (Fsp3) is 0.381. The van der Waals surface area contributed by atoms with Crippen LogP contribution in [0, 0.1) is 5.82 Å². The number of alkyl halides is 1. The maximum Gasteiger partial charge on any atom is 0.419 e. The number of rotatable bonds is 2. The Hall–Kier alpha value is -3.03. The van der Waals surface area contributed by atoms with E-state index in [4.69, 9.17) is 4.74 Å². The van der Waals surface area contributed by atoms with Gasteiger partial charge in [-0.15, -0.1) is 0 Å². The Morgan fingerprint density at radius 1 is 1.21 bits per heavy atom. The van der Waals surface area contributed by atoms with Gasteiger partial charge in [-0.3, -0.25) is 0 Å². The molecule has 0 bridgehead atoms. The number of nitrogens with zero attached hydrogens (tertiary/aromatic N) is 4. The second-order valence-corrected chi connectivity index (χ2v) is 8.15. The van der Waals surface area contributed by atoms with Crippen molar-refractivity contribution in [3.8, 4) is 11.3 Å². The van der Waals surface area contributed by atoms with Gasteiger partial charge in [0.25, 0.3) is 0 Å². The number of hydrogen-bond acceptors (Lipinski definition) is 5. The Morgan fingerprint density at radius 2 is 1.93 bits per heavy atom. The average Bonchev–Trinajstić information content (AvgIpc) is 3.24.